The second-order valence-corrected chi connectivity index (χ2v) is 4.83. The Balaban J connectivity index is 2.56. The van der Waals surface area contributed by atoms with Gasteiger partial charge in [-0.1, -0.05) is 18.1 Å². The molecule has 0 aromatic heterocycles. The number of rotatable bonds is 5. The molecule has 2 aromatic rings. The van der Waals surface area contributed by atoms with Crippen LogP contribution in [0.1, 0.15) is 16.7 Å². The normalized spacial score (nSPS) is 10.2. The number of hydrogen-bond acceptors (Lipinski definition) is 5. The summed E-state index contributed by atoms with van der Waals surface area (Å²) in [5.41, 5.74) is 1.38. The van der Waals surface area contributed by atoms with Crippen molar-refractivity contribution >= 4 is 17.3 Å². The molecule has 0 aliphatic carbocycles. The number of terminal acetylenes is 1. The molecule has 0 N–H and O–H groups in total. The zero-order valence-corrected chi connectivity index (χ0v) is 13.0. The Labute approximate surface area is 144 Å². The van der Waals surface area contributed by atoms with Crippen LogP contribution in [-0.2, 0) is 0 Å². The second-order valence-electron chi connectivity index (χ2n) is 4.83. The van der Waals surface area contributed by atoms with Crippen LogP contribution in [0.3, 0.4) is 0 Å². The van der Waals surface area contributed by atoms with E-state index < -0.39 is 4.92 Å². The van der Waals surface area contributed by atoms with Crippen molar-refractivity contribution in [2.45, 2.75) is 0 Å². The van der Waals surface area contributed by atoms with Gasteiger partial charge in [-0.15, -0.1) is 6.42 Å². The molecule has 0 atom stereocenters. The highest BCUT2D eigenvalue weighted by Crippen LogP contribution is 2.28. The monoisotopic (exact) mass is 329 g/mol. The standard InChI is InChI=1S/C19H11N3O3/c1-2-8-25-19-7-6-18(22(23)24)11-16(19)10-17(13-21)15-5-3-4-14(9-15)12-20/h1,3-7,9-11H,8H2/b17-10+. The van der Waals surface area contributed by atoms with Gasteiger partial charge in [0.2, 0.25) is 0 Å². The number of hydrogen-bond donors (Lipinski definition) is 0. The molecule has 0 radical (unpaired) electrons. The van der Waals surface area contributed by atoms with E-state index in [1.54, 1.807) is 24.3 Å². The summed E-state index contributed by atoms with van der Waals surface area (Å²) >= 11 is 0. The van der Waals surface area contributed by atoms with Crippen LogP contribution >= 0.6 is 0 Å². The van der Waals surface area contributed by atoms with E-state index in [0.29, 0.717) is 22.4 Å². The molecular weight excluding hydrogens is 318 g/mol. The van der Waals surface area contributed by atoms with Crippen LogP contribution < -0.4 is 4.74 Å². The molecule has 0 unspecified atom stereocenters. The van der Waals surface area contributed by atoms with Crippen molar-refractivity contribution in [2.75, 3.05) is 6.61 Å². The third kappa shape index (κ3) is 4.22. The van der Waals surface area contributed by atoms with Crippen molar-refractivity contribution in [1.82, 2.24) is 0 Å². The Morgan fingerprint density at radius 2 is 2.08 bits per heavy atom. The van der Waals surface area contributed by atoms with Gasteiger partial charge < -0.3 is 4.74 Å². The van der Waals surface area contributed by atoms with E-state index in [1.165, 1.54) is 24.3 Å². The lowest BCUT2D eigenvalue weighted by atomic mass is 10.0. The van der Waals surface area contributed by atoms with E-state index in [0.717, 1.165) is 0 Å². The van der Waals surface area contributed by atoms with Crippen molar-refractivity contribution in [3.8, 4) is 30.2 Å². The molecule has 0 amide bonds. The minimum absolute atomic E-state index is 0.00947. The Morgan fingerprint density at radius 1 is 1.28 bits per heavy atom. The highest BCUT2D eigenvalue weighted by Gasteiger charge is 2.12. The molecule has 0 heterocycles. The molecular formula is C19H11N3O3. The number of ether oxygens (including phenoxy) is 1. The summed E-state index contributed by atoms with van der Waals surface area (Å²) in [7, 11) is 0. The number of non-ortho nitro benzene ring substituents is 1. The van der Waals surface area contributed by atoms with Crippen molar-refractivity contribution < 1.29 is 9.66 Å². The number of nitro groups is 1. The molecule has 0 bridgehead atoms. The molecule has 0 fully saturated rings. The fraction of sp³-hybridized carbons (Fsp3) is 0.0526. The summed E-state index contributed by atoms with van der Waals surface area (Å²) in [5.74, 6) is 2.64. The molecule has 2 aromatic carbocycles. The number of benzene rings is 2. The highest BCUT2D eigenvalue weighted by atomic mass is 16.6. The van der Waals surface area contributed by atoms with Crippen LogP contribution in [0.4, 0.5) is 5.69 Å². The summed E-state index contributed by atoms with van der Waals surface area (Å²) in [6, 6.07) is 14.6. The maximum absolute atomic E-state index is 11.0. The average molecular weight is 329 g/mol. The van der Waals surface area contributed by atoms with E-state index in [1.807, 2.05) is 12.1 Å². The van der Waals surface area contributed by atoms with Crippen LogP contribution in [0, 0.1) is 45.1 Å². The Bertz CT molecular complexity index is 973. The van der Waals surface area contributed by atoms with Crippen LogP contribution in [0.15, 0.2) is 42.5 Å². The van der Waals surface area contributed by atoms with Gasteiger partial charge in [0.15, 0.2) is 0 Å². The van der Waals surface area contributed by atoms with Crippen LogP contribution in [0.5, 0.6) is 5.75 Å². The Kier molecular flexibility index (Phi) is 5.50. The summed E-state index contributed by atoms with van der Waals surface area (Å²) in [4.78, 5) is 10.5. The maximum atomic E-state index is 11.0. The fourth-order valence-electron chi connectivity index (χ4n) is 2.11. The molecule has 0 aliphatic heterocycles. The van der Waals surface area contributed by atoms with E-state index in [4.69, 9.17) is 16.4 Å². The van der Waals surface area contributed by atoms with Crippen molar-refractivity contribution in [3.63, 3.8) is 0 Å². The first kappa shape index (κ1) is 17.3. The first-order chi connectivity index (χ1) is 12.1. The van der Waals surface area contributed by atoms with Gasteiger partial charge in [-0.05, 0) is 29.8 Å². The summed E-state index contributed by atoms with van der Waals surface area (Å²) < 4.78 is 5.38. The lowest BCUT2D eigenvalue weighted by Gasteiger charge is -2.07. The number of allylic oxidation sites excluding steroid dienone is 1. The van der Waals surface area contributed by atoms with Gasteiger partial charge in [0, 0.05) is 17.7 Å². The minimum Gasteiger partial charge on any atom is -0.480 e. The predicted octanol–water partition coefficient (Wildman–Crippen LogP) is 3.54. The van der Waals surface area contributed by atoms with E-state index in [9.17, 15) is 15.4 Å². The largest absolute Gasteiger partial charge is 0.480 e. The molecule has 0 spiro atoms. The van der Waals surface area contributed by atoms with Crippen LogP contribution in [0.2, 0.25) is 0 Å². The lowest BCUT2D eigenvalue weighted by molar-refractivity contribution is -0.384. The molecule has 0 aliphatic rings. The number of nitro benzene ring substituents is 1. The van der Waals surface area contributed by atoms with Gasteiger partial charge in [-0.25, -0.2) is 0 Å². The van der Waals surface area contributed by atoms with Gasteiger partial charge >= 0.3 is 0 Å². The molecule has 0 saturated heterocycles. The predicted molar refractivity (Wildman–Crippen MR) is 92.1 cm³/mol. The van der Waals surface area contributed by atoms with E-state index in [2.05, 4.69) is 5.92 Å². The quantitative estimate of drug-likeness (QED) is 0.274. The lowest BCUT2D eigenvalue weighted by Crippen LogP contribution is -1.97. The molecule has 6 heteroatoms. The average Bonchev–Trinajstić information content (AvgIpc) is 2.64. The maximum Gasteiger partial charge on any atom is 0.270 e. The van der Waals surface area contributed by atoms with Gasteiger partial charge in [0.1, 0.15) is 12.4 Å². The van der Waals surface area contributed by atoms with E-state index in [-0.39, 0.29) is 17.9 Å². The summed E-state index contributed by atoms with van der Waals surface area (Å²) in [5, 5.41) is 29.4. The highest BCUT2D eigenvalue weighted by molar-refractivity contribution is 5.91. The smallest absolute Gasteiger partial charge is 0.270 e. The van der Waals surface area contributed by atoms with E-state index >= 15 is 0 Å². The molecule has 6 nitrogen and oxygen atoms in total. The third-order valence-corrected chi connectivity index (χ3v) is 3.24. The second kappa shape index (κ2) is 7.97. The zero-order chi connectivity index (χ0) is 18.2. The van der Waals surface area contributed by atoms with Crippen LogP contribution in [0.25, 0.3) is 11.6 Å². The molecule has 25 heavy (non-hydrogen) atoms. The molecule has 2 rings (SSSR count). The van der Waals surface area contributed by atoms with Gasteiger partial charge in [-0.2, -0.15) is 10.5 Å². The Hall–Kier alpha value is -4.08. The number of nitriles is 2. The Morgan fingerprint density at radius 3 is 2.72 bits per heavy atom. The SMILES string of the molecule is C#CCOc1ccc([N+](=O)[O-])cc1/C=C(\C#N)c1cccc(C#N)c1. The van der Waals surface area contributed by atoms with Gasteiger partial charge in [0.05, 0.1) is 28.2 Å². The van der Waals surface area contributed by atoms with Crippen LogP contribution in [-0.4, -0.2) is 11.5 Å². The minimum atomic E-state index is -0.537. The summed E-state index contributed by atoms with van der Waals surface area (Å²) in [6.07, 6.45) is 6.64. The first-order valence-corrected chi connectivity index (χ1v) is 7.06. The number of nitrogens with zero attached hydrogens (tertiary/aromatic N) is 3. The molecule has 0 saturated carbocycles. The topological polar surface area (TPSA) is 99.9 Å². The third-order valence-electron chi connectivity index (χ3n) is 3.24. The summed E-state index contributed by atoms with van der Waals surface area (Å²) in [6.45, 7) is -0.00947. The molecule has 120 valence electrons. The van der Waals surface area contributed by atoms with Gasteiger partial charge in [-0.3, -0.25) is 10.1 Å². The fourth-order valence-corrected chi connectivity index (χ4v) is 2.11. The van der Waals surface area contributed by atoms with Crippen molar-refractivity contribution in [2.24, 2.45) is 0 Å². The van der Waals surface area contributed by atoms with Crippen molar-refractivity contribution in [3.05, 3.63) is 69.3 Å². The van der Waals surface area contributed by atoms with Crippen molar-refractivity contribution in [1.29, 1.82) is 10.5 Å². The zero-order valence-electron chi connectivity index (χ0n) is 13.0. The van der Waals surface area contributed by atoms with Gasteiger partial charge in [0.25, 0.3) is 5.69 Å². The first-order valence-electron chi connectivity index (χ1n) is 7.06.